The number of aryl methyl sites for hydroxylation is 1. The smallest absolute Gasteiger partial charge is 0.0494 e. The zero-order valence-corrected chi connectivity index (χ0v) is 12.6. The van der Waals surface area contributed by atoms with E-state index in [2.05, 4.69) is 36.5 Å². The minimum absolute atomic E-state index is 0.726. The summed E-state index contributed by atoms with van der Waals surface area (Å²) in [5.74, 6) is 1.67. The van der Waals surface area contributed by atoms with Gasteiger partial charge in [0.25, 0.3) is 0 Å². The summed E-state index contributed by atoms with van der Waals surface area (Å²) in [4.78, 5) is 0. The van der Waals surface area contributed by atoms with Gasteiger partial charge in [0, 0.05) is 19.3 Å². The van der Waals surface area contributed by atoms with Crippen molar-refractivity contribution in [2.75, 3.05) is 19.8 Å². The quantitative estimate of drug-likeness (QED) is 0.730. The third-order valence-electron chi connectivity index (χ3n) is 4.60. The van der Waals surface area contributed by atoms with Gasteiger partial charge in [-0.3, -0.25) is 0 Å². The van der Waals surface area contributed by atoms with Crippen molar-refractivity contribution in [3.8, 4) is 0 Å². The molecule has 0 atom stereocenters. The topological polar surface area (TPSA) is 21.3 Å². The molecule has 0 radical (unpaired) electrons. The largest absolute Gasteiger partial charge is 0.381 e. The number of nitrogens with one attached hydrogen (secondary N) is 1. The molecule has 2 saturated carbocycles. The SMILES string of the molecule is Cc1cccc(C2CC(NCCCOCC3CC3)C2)c1. The molecular formula is C18H27NO. The Morgan fingerprint density at radius 1 is 1.25 bits per heavy atom. The predicted molar refractivity (Wildman–Crippen MR) is 83.1 cm³/mol. The van der Waals surface area contributed by atoms with Gasteiger partial charge in [0.05, 0.1) is 0 Å². The van der Waals surface area contributed by atoms with Crippen LogP contribution in [0, 0.1) is 12.8 Å². The molecule has 2 heteroatoms. The lowest BCUT2D eigenvalue weighted by molar-refractivity contribution is 0.120. The summed E-state index contributed by atoms with van der Waals surface area (Å²) in [5.41, 5.74) is 2.91. The van der Waals surface area contributed by atoms with Gasteiger partial charge >= 0.3 is 0 Å². The van der Waals surface area contributed by atoms with Crippen molar-refractivity contribution in [3.05, 3.63) is 35.4 Å². The fourth-order valence-electron chi connectivity index (χ4n) is 3.00. The van der Waals surface area contributed by atoms with E-state index >= 15 is 0 Å². The van der Waals surface area contributed by atoms with E-state index in [9.17, 15) is 0 Å². The summed E-state index contributed by atoms with van der Waals surface area (Å²) in [5, 5.41) is 3.66. The second-order valence-corrected chi connectivity index (χ2v) is 6.61. The lowest BCUT2D eigenvalue weighted by Crippen LogP contribution is -2.40. The van der Waals surface area contributed by atoms with Crippen LogP contribution in [0.2, 0.25) is 0 Å². The molecule has 1 N–H and O–H groups in total. The molecule has 0 heterocycles. The third kappa shape index (κ3) is 4.07. The molecule has 0 bridgehead atoms. The lowest BCUT2D eigenvalue weighted by Gasteiger charge is -2.36. The van der Waals surface area contributed by atoms with Gasteiger partial charge in [-0.25, -0.2) is 0 Å². The molecule has 1 aromatic carbocycles. The van der Waals surface area contributed by atoms with E-state index in [1.54, 1.807) is 0 Å². The number of rotatable bonds is 8. The Kier molecular flexibility index (Phi) is 4.74. The predicted octanol–water partition coefficient (Wildman–Crippen LogP) is 3.65. The molecule has 3 rings (SSSR count). The number of ether oxygens (including phenoxy) is 1. The first-order valence-electron chi connectivity index (χ1n) is 8.19. The standard InChI is InChI=1S/C18H27NO/c1-14-4-2-5-16(10-14)17-11-18(12-17)19-8-3-9-20-13-15-6-7-15/h2,4-5,10,15,17-19H,3,6-9,11-13H2,1H3. The van der Waals surface area contributed by atoms with Crippen LogP contribution >= 0.6 is 0 Å². The van der Waals surface area contributed by atoms with Gasteiger partial charge < -0.3 is 10.1 Å². The second-order valence-electron chi connectivity index (χ2n) is 6.61. The van der Waals surface area contributed by atoms with Crippen LogP contribution in [0.15, 0.2) is 24.3 Å². The summed E-state index contributed by atoms with van der Waals surface area (Å²) < 4.78 is 5.65. The van der Waals surface area contributed by atoms with E-state index < -0.39 is 0 Å². The molecule has 0 aromatic heterocycles. The monoisotopic (exact) mass is 273 g/mol. The van der Waals surface area contributed by atoms with Crippen LogP contribution in [-0.4, -0.2) is 25.8 Å². The van der Waals surface area contributed by atoms with Gasteiger partial charge in [0.15, 0.2) is 0 Å². The molecule has 2 aliphatic carbocycles. The summed E-state index contributed by atoms with van der Waals surface area (Å²) in [6.07, 6.45) is 6.53. The normalized spacial score (nSPS) is 25.4. The van der Waals surface area contributed by atoms with Crippen molar-refractivity contribution in [2.24, 2.45) is 5.92 Å². The highest BCUT2D eigenvalue weighted by molar-refractivity contribution is 5.27. The molecule has 0 saturated heterocycles. The minimum Gasteiger partial charge on any atom is -0.381 e. The number of hydrogen-bond donors (Lipinski definition) is 1. The van der Waals surface area contributed by atoms with Gasteiger partial charge in [0.1, 0.15) is 0 Å². The van der Waals surface area contributed by atoms with E-state index in [0.29, 0.717) is 0 Å². The summed E-state index contributed by atoms with van der Waals surface area (Å²) in [7, 11) is 0. The molecule has 2 aliphatic rings. The van der Waals surface area contributed by atoms with Crippen molar-refractivity contribution < 1.29 is 4.74 Å². The van der Waals surface area contributed by atoms with Gasteiger partial charge in [-0.2, -0.15) is 0 Å². The Morgan fingerprint density at radius 2 is 2.10 bits per heavy atom. The Labute approximate surface area is 122 Å². The Balaban J connectivity index is 1.24. The fourth-order valence-corrected chi connectivity index (χ4v) is 3.00. The van der Waals surface area contributed by atoms with E-state index in [1.807, 2.05) is 0 Å². The van der Waals surface area contributed by atoms with E-state index in [-0.39, 0.29) is 0 Å². The average molecular weight is 273 g/mol. The molecule has 1 aromatic rings. The Hall–Kier alpha value is -0.860. The van der Waals surface area contributed by atoms with Crippen LogP contribution in [-0.2, 0) is 4.74 Å². The van der Waals surface area contributed by atoms with Crippen LogP contribution in [0.3, 0.4) is 0 Å². The highest BCUT2D eigenvalue weighted by Crippen LogP contribution is 2.37. The maximum atomic E-state index is 5.65. The van der Waals surface area contributed by atoms with E-state index in [0.717, 1.165) is 44.1 Å². The highest BCUT2D eigenvalue weighted by atomic mass is 16.5. The molecule has 0 spiro atoms. The zero-order chi connectivity index (χ0) is 13.8. The van der Waals surface area contributed by atoms with E-state index in [4.69, 9.17) is 4.74 Å². The highest BCUT2D eigenvalue weighted by Gasteiger charge is 2.29. The van der Waals surface area contributed by atoms with Crippen molar-refractivity contribution >= 4 is 0 Å². The van der Waals surface area contributed by atoms with Crippen molar-refractivity contribution in [2.45, 2.75) is 51.0 Å². The van der Waals surface area contributed by atoms with Gasteiger partial charge in [-0.15, -0.1) is 0 Å². The molecule has 2 fully saturated rings. The molecule has 0 amide bonds. The van der Waals surface area contributed by atoms with Crippen LogP contribution in [0.4, 0.5) is 0 Å². The van der Waals surface area contributed by atoms with Gasteiger partial charge in [-0.1, -0.05) is 29.8 Å². The lowest BCUT2D eigenvalue weighted by atomic mass is 9.75. The Bertz CT molecular complexity index is 421. The van der Waals surface area contributed by atoms with Crippen LogP contribution in [0.1, 0.15) is 49.1 Å². The van der Waals surface area contributed by atoms with Crippen LogP contribution in [0.25, 0.3) is 0 Å². The maximum absolute atomic E-state index is 5.65. The second kappa shape index (κ2) is 6.73. The fraction of sp³-hybridized carbons (Fsp3) is 0.667. The summed E-state index contributed by atoms with van der Waals surface area (Å²) in [6, 6.07) is 9.71. The van der Waals surface area contributed by atoms with Crippen LogP contribution < -0.4 is 5.32 Å². The third-order valence-corrected chi connectivity index (χ3v) is 4.60. The first-order chi connectivity index (χ1) is 9.81. The molecule has 20 heavy (non-hydrogen) atoms. The summed E-state index contributed by atoms with van der Waals surface area (Å²) in [6.45, 7) is 5.21. The zero-order valence-electron chi connectivity index (χ0n) is 12.6. The van der Waals surface area contributed by atoms with Crippen molar-refractivity contribution in [1.82, 2.24) is 5.32 Å². The van der Waals surface area contributed by atoms with E-state index in [1.165, 1.54) is 36.8 Å². The maximum Gasteiger partial charge on any atom is 0.0494 e. The molecule has 110 valence electrons. The average Bonchev–Trinajstić information content (AvgIpc) is 3.19. The number of benzene rings is 1. The van der Waals surface area contributed by atoms with Gasteiger partial charge in [0.2, 0.25) is 0 Å². The first kappa shape index (κ1) is 14.1. The number of hydrogen-bond acceptors (Lipinski definition) is 2. The Morgan fingerprint density at radius 3 is 2.85 bits per heavy atom. The summed E-state index contributed by atoms with van der Waals surface area (Å²) >= 11 is 0. The van der Waals surface area contributed by atoms with Crippen molar-refractivity contribution in [1.29, 1.82) is 0 Å². The minimum atomic E-state index is 0.726. The van der Waals surface area contributed by atoms with Crippen LogP contribution in [0.5, 0.6) is 0 Å². The molecule has 2 nitrogen and oxygen atoms in total. The molecular weight excluding hydrogens is 246 g/mol. The molecule has 0 aliphatic heterocycles. The van der Waals surface area contributed by atoms with Crippen molar-refractivity contribution in [3.63, 3.8) is 0 Å². The van der Waals surface area contributed by atoms with Gasteiger partial charge in [-0.05, 0) is 63.0 Å². The molecule has 0 unspecified atom stereocenters. The first-order valence-corrected chi connectivity index (χ1v) is 8.19.